The fourth-order valence-electron chi connectivity index (χ4n) is 1.94. The van der Waals surface area contributed by atoms with Crippen molar-refractivity contribution in [3.63, 3.8) is 0 Å². The standard InChI is InChI=1S/C9H15NO2S/c1-7(11)13-10-5-4-8(10)9-3-2-6-12-9/h8-9H,2-6H2,1H3/t8?,9-/m1/s1. The Morgan fingerprint density at radius 1 is 1.54 bits per heavy atom. The molecule has 0 aromatic rings. The van der Waals surface area contributed by atoms with Gasteiger partial charge in [-0.05, 0) is 31.2 Å². The average molecular weight is 201 g/mol. The van der Waals surface area contributed by atoms with E-state index in [0.29, 0.717) is 12.1 Å². The van der Waals surface area contributed by atoms with Gasteiger partial charge < -0.3 is 4.74 Å². The van der Waals surface area contributed by atoms with Crippen LogP contribution in [0, 0.1) is 0 Å². The van der Waals surface area contributed by atoms with E-state index in [9.17, 15) is 4.79 Å². The van der Waals surface area contributed by atoms with Crippen molar-refractivity contribution < 1.29 is 9.53 Å². The molecule has 0 bridgehead atoms. The van der Waals surface area contributed by atoms with E-state index in [1.807, 2.05) is 0 Å². The summed E-state index contributed by atoms with van der Waals surface area (Å²) in [6.07, 6.45) is 3.92. The topological polar surface area (TPSA) is 29.5 Å². The molecule has 3 nitrogen and oxygen atoms in total. The molecule has 0 aromatic heterocycles. The molecule has 2 aliphatic heterocycles. The Balaban J connectivity index is 1.83. The smallest absolute Gasteiger partial charge is 0.200 e. The molecule has 2 rings (SSSR count). The Morgan fingerprint density at radius 2 is 2.38 bits per heavy atom. The first-order valence-corrected chi connectivity index (χ1v) is 5.61. The van der Waals surface area contributed by atoms with E-state index in [0.717, 1.165) is 13.2 Å². The lowest BCUT2D eigenvalue weighted by atomic mass is 9.99. The van der Waals surface area contributed by atoms with Gasteiger partial charge in [-0.3, -0.25) is 4.79 Å². The van der Waals surface area contributed by atoms with Crippen molar-refractivity contribution >= 4 is 17.1 Å². The molecule has 2 fully saturated rings. The maximum absolute atomic E-state index is 10.9. The van der Waals surface area contributed by atoms with E-state index in [-0.39, 0.29) is 5.12 Å². The fourth-order valence-corrected chi connectivity index (χ4v) is 2.84. The highest BCUT2D eigenvalue weighted by molar-refractivity contribution is 8.11. The SMILES string of the molecule is CC(=O)SN1CCC1[C@H]1CCCO1. The van der Waals surface area contributed by atoms with Crippen molar-refractivity contribution in [3.05, 3.63) is 0 Å². The second kappa shape index (κ2) is 3.98. The van der Waals surface area contributed by atoms with Gasteiger partial charge in [0.15, 0.2) is 0 Å². The van der Waals surface area contributed by atoms with Crippen LogP contribution >= 0.6 is 11.9 Å². The minimum absolute atomic E-state index is 0.183. The summed E-state index contributed by atoms with van der Waals surface area (Å²) in [6, 6.07) is 0.497. The van der Waals surface area contributed by atoms with Crippen LogP contribution < -0.4 is 0 Å². The van der Waals surface area contributed by atoms with Gasteiger partial charge in [0.1, 0.15) is 0 Å². The molecule has 2 aliphatic rings. The molecule has 0 saturated carbocycles. The number of carbonyl (C=O) groups is 1. The maximum atomic E-state index is 10.9. The molecule has 0 aliphatic carbocycles. The lowest BCUT2D eigenvalue weighted by Crippen LogP contribution is -2.50. The zero-order chi connectivity index (χ0) is 9.26. The third kappa shape index (κ3) is 2.06. The highest BCUT2D eigenvalue weighted by atomic mass is 32.2. The Morgan fingerprint density at radius 3 is 2.85 bits per heavy atom. The highest BCUT2D eigenvalue weighted by Crippen LogP contribution is 2.33. The fraction of sp³-hybridized carbons (Fsp3) is 0.889. The Kier molecular flexibility index (Phi) is 2.91. The largest absolute Gasteiger partial charge is 0.377 e. The minimum atomic E-state index is 0.183. The molecular formula is C9H15NO2S. The zero-order valence-electron chi connectivity index (χ0n) is 7.86. The summed E-state index contributed by atoms with van der Waals surface area (Å²) in [5.74, 6) is 0. The third-order valence-electron chi connectivity index (χ3n) is 2.66. The maximum Gasteiger partial charge on any atom is 0.200 e. The molecule has 1 unspecified atom stereocenters. The predicted molar refractivity (Wildman–Crippen MR) is 52.4 cm³/mol. The first-order valence-electron chi connectivity index (χ1n) is 4.84. The van der Waals surface area contributed by atoms with Gasteiger partial charge in [-0.1, -0.05) is 0 Å². The highest BCUT2D eigenvalue weighted by Gasteiger charge is 2.38. The second-order valence-electron chi connectivity index (χ2n) is 3.63. The van der Waals surface area contributed by atoms with Crippen molar-refractivity contribution in [3.8, 4) is 0 Å². The van der Waals surface area contributed by atoms with Gasteiger partial charge in [0.25, 0.3) is 0 Å². The third-order valence-corrected chi connectivity index (χ3v) is 3.60. The van der Waals surface area contributed by atoms with E-state index >= 15 is 0 Å². The molecule has 0 amide bonds. The van der Waals surface area contributed by atoms with Gasteiger partial charge in [-0.25, -0.2) is 4.31 Å². The summed E-state index contributed by atoms with van der Waals surface area (Å²) >= 11 is 1.35. The number of hydrogen-bond donors (Lipinski definition) is 0. The lowest BCUT2D eigenvalue weighted by molar-refractivity contribution is -0.109. The van der Waals surface area contributed by atoms with Crippen molar-refractivity contribution in [2.75, 3.05) is 13.2 Å². The molecule has 2 heterocycles. The average Bonchev–Trinajstić information content (AvgIpc) is 2.51. The van der Waals surface area contributed by atoms with Crippen LogP contribution in [0.2, 0.25) is 0 Å². The second-order valence-corrected chi connectivity index (χ2v) is 4.86. The first-order chi connectivity index (χ1) is 6.27. The van der Waals surface area contributed by atoms with Crippen LogP contribution in [0.25, 0.3) is 0 Å². The Labute approximate surface area is 82.9 Å². The summed E-state index contributed by atoms with van der Waals surface area (Å²) in [5.41, 5.74) is 0. The van der Waals surface area contributed by atoms with Crippen LogP contribution in [0.1, 0.15) is 26.2 Å². The molecular weight excluding hydrogens is 186 g/mol. The Bertz CT molecular complexity index is 204. The predicted octanol–water partition coefficient (Wildman–Crippen LogP) is 1.43. The van der Waals surface area contributed by atoms with Crippen molar-refractivity contribution in [2.24, 2.45) is 0 Å². The lowest BCUT2D eigenvalue weighted by Gasteiger charge is -2.41. The van der Waals surface area contributed by atoms with Gasteiger partial charge in [-0.2, -0.15) is 0 Å². The van der Waals surface area contributed by atoms with Crippen molar-refractivity contribution in [1.29, 1.82) is 0 Å². The number of nitrogens with zero attached hydrogens (tertiary/aromatic N) is 1. The quantitative estimate of drug-likeness (QED) is 0.632. The van der Waals surface area contributed by atoms with Gasteiger partial charge in [0.05, 0.1) is 6.10 Å². The monoisotopic (exact) mass is 201 g/mol. The Hall–Kier alpha value is -0.0600. The van der Waals surface area contributed by atoms with Crippen molar-refractivity contribution in [1.82, 2.24) is 4.31 Å². The summed E-state index contributed by atoms with van der Waals surface area (Å²) in [7, 11) is 0. The van der Waals surface area contributed by atoms with E-state index in [1.165, 1.54) is 31.2 Å². The normalized spacial score (nSPS) is 34.5. The van der Waals surface area contributed by atoms with E-state index in [1.54, 1.807) is 6.92 Å². The molecule has 74 valence electrons. The van der Waals surface area contributed by atoms with E-state index in [4.69, 9.17) is 4.74 Å². The van der Waals surface area contributed by atoms with E-state index in [2.05, 4.69) is 4.31 Å². The van der Waals surface area contributed by atoms with Crippen molar-refractivity contribution in [2.45, 2.75) is 38.3 Å². The molecule has 0 aromatic carbocycles. The van der Waals surface area contributed by atoms with Crippen LogP contribution in [0.15, 0.2) is 0 Å². The summed E-state index contributed by atoms with van der Waals surface area (Å²) < 4.78 is 7.77. The molecule has 0 radical (unpaired) electrons. The van der Waals surface area contributed by atoms with Crippen LogP contribution in [0.3, 0.4) is 0 Å². The number of ether oxygens (including phenoxy) is 1. The summed E-state index contributed by atoms with van der Waals surface area (Å²) in [4.78, 5) is 10.9. The number of rotatable bonds is 2. The van der Waals surface area contributed by atoms with Crippen LogP contribution in [0.4, 0.5) is 0 Å². The van der Waals surface area contributed by atoms with Crippen LogP contribution in [-0.4, -0.2) is 34.7 Å². The summed E-state index contributed by atoms with van der Waals surface area (Å²) in [6.45, 7) is 3.56. The minimum Gasteiger partial charge on any atom is -0.377 e. The van der Waals surface area contributed by atoms with Gasteiger partial charge in [0, 0.05) is 26.1 Å². The summed E-state index contributed by atoms with van der Waals surface area (Å²) in [5, 5.41) is 0.183. The zero-order valence-corrected chi connectivity index (χ0v) is 8.68. The van der Waals surface area contributed by atoms with Crippen LogP contribution in [-0.2, 0) is 9.53 Å². The number of carbonyl (C=O) groups excluding carboxylic acids is 1. The molecule has 0 spiro atoms. The molecule has 2 saturated heterocycles. The molecule has 4 heteroatoms. The molecule has 2 atom stereocenters. The van der Waals surface area contributed by atoms with E-state index < -0.39 is 0 Å². The number of hydrogen-bond acceptors (Lipinski definition) is 4. The molecule has 0 N–H and O–H groups in total. The van der Waals surface area contributed by atoms with Crippen LogP contribution in [0.5, 0.6) is 0 Å². The first kappa shape index (κ1) is 9.49. The van der Waals surface area contributed by atoms with Gasteiger partial charge in [0.2, 0.25) is 5.12 Å². The van der Waals surface area contributed by atoms with Gasteiger partial charge >= 0.3 is 0 Å². The molecule has 13 heavy (non-hydrogen) atoms. The van der Waals surface area contributed by atoms with Gasteiger partial charge in [-0.15, -0.1) is 0 Å².